The van der Waals surface area contributed by atoms with Crippen LogP contribution in [0.5, 0.6) is 5.75 Å². The number of benzene rings is 1. The molecular formula is C21H28N4O3. The number of amides is 2. The van der Waals surface area contributed by atoms with Gasteiger partial charge in [0.15, 0.2) is 0 Å². The number of aliphatic hydroxyl groups excluding tert-OH is 1. The Morgan fingerprint density at radius 3 is 2.93 bits per heavy atom. The number of urea groups is 1. The maximum absolute atomic E-state index is 12.2. The Labute approximate surface area is 165 Å². The molecule has 1 atom stereocenters. The number of piperidine rings is 1. The number of β-amino-alcohol motifs (C(OH)–C–C–N with tert-alkyl or cyclic N) is 1. The minimum Gasteiger partial charge on any atom is -0.485 e. The maximum atomic E-state index is 12.2. The minimum absolute atomic E-state index is 0.215. The lowest BCUT2D eigenvalue weighted by molar-refractivity contribution is 0.0703. The standard InChI is InChI=1S/C21H28N4O3/c26-18-8-5-13-25(15-18)14-6-12-23-21(27)24-19-9-1-2-10-20(19)28-16-17-7-3-4-11-22-17/h1-4,7,9-11,18,26H,5-6,8,12-16H2,(H2,23,24,27)/t18-/m1/s1. The quantitative estimate of drug-likeness (QED) is 0.609. The highest BCUT2D eigenvalue weighted by atomic mass is 16.5. The van der Waals surface area contributed by atoms with E-state index in [1.165, 1.54) is 0 Å². The van der Waals surface area contributed by atoms with Crippen LogP contribution in [0.3, 0.4) is 0 Å². The first-order chi connectivity index (χ1) is 13.7. The van der Waals surface area contributed by atoms with Gasteiger partial charge in [-0.05, 0) is 56.6 Å². The van der Waals surface area contributed by atoms with Crippen molar-refractivity contribution in [2.45, 2.75) is 32.0 Å². The number of pyridine rings is 1. The smallest absolute Gasteiger partial charge is 0.319 e. The number of hydrogen-bond acceptors (Lipinski definition) is 5. The number of aliphatic hydroxyl groups is 1. The highest BCUT2D eigenvalue weighted by Gasteiger charge is 2.16. The zero-order valence-corrected chi connectivity index (χ0v) is 16.0. The van der Waals surface area contributed by atoms with Crippen molar-refractivity contribution in [2.75, 3.05) is 31.5 Å². The molecule has 2 aromatic rings. The number of anilines is 1. The molecule has 0 unspecified atom stereocenters. The van der Waals surface area contributed by atoms with E-state index in [-0.39, 0.29) is 12.1 Å². The topological polar surface area (TPSA) is 86.7 Å². The Morgan fingerprint density at radius 1 is 1.25 bits per heavy atom. The van der Waals surface area contributed by atoms with E-state index in [1.54, 1.807) is 6.20 Å². The van der Waals surface area contributed by atoms with Gasteiger partial charge >= 0.3 is 6.03 Å². The van der Waals surface area contributed by atoms with Crippen LogP contribution < -0.4 is 15.4 Å². The third-order valence-electron chi connectivity index (χ3n) is 4.65. The summed E-state index contributed by atoms with van der Waals surface area (Å²) in [6, 6.07) is 12.7. The first-order valence-electron chi connectivity index (χ1n) is 9.78. The van der Waals surface area contributed by atoms with Crippen LogP contribution in [0, 0.1) is 0 Å². The van der Waals surface area contributed by atoms with Crippen LogP contribution in [-0.2, 0) is 6.61 Å². The Kier molecular flexibility index (Phi) is 7.63. The summed E-state index contributed by atoms with van der Waals surface area (Å²) in [5.41, 5.74) is 1.44. The lowest BCUT2D eigenvalue weighted by Crippen LogP contribution is -2.40. The molecule has 0 aliphatic carbocycles. The molecule has 0 bridgehead atoms. The van der Waals surface area contributed by atoms with Crippen molar-refractivity contribution in [1.82, 2.24) is 15.2 Å². The monoisotopic (exact) mass is 384 g/mol. The van der Waals surface area contributed by atoms with Gasteiger partial charge in [-0.1, -0.05) is 18.2 Å². The molecule has 1 aromatic carbocycles. The van der Waals surface area contributed by atoms with E-state index < -0.39 is 0 Å². The first-order valence-corrected chi connectivity index (χ1v) is 9.78. The number of nitrogens with one attached hydrogen (secondary N) is 2. The second kappa shape index (κ2) is 10.6. The zero-order chi connectivity index (χ0) is 19.6. The lowest BCUT2D eigenvalue weighted by Gasteiger charge is -2.29. The summed E-state index contributed by atoms with van der Waals surface area (Å²) in [4.78, 5) is 18.7. The van der Waals surface area contributed by atoms with Crippen molar-refractivity contribution in [3.05, 3.63) is 54.4 Å². The molecule has 28 heavy (non-hydrogen) atoms. The van der Waals surface area contributed by atoms with E-state index in [0.29, 0.717) is 24.6 Å². The van der Waals surface area contributed by atoms with Crippen LogP contribution in [0.25, 0.3) is 0 Å². The summed E-state index contributed by atoms with van der Waals surface area (Å²) in [6.07, 6.45) is 4.27. The van der Waals surface area contributed by atoms with E-state index >= 15 is 0 Å². The summed E-state index contributed by atoms with van der Waals surface area (Å²) in [5, 5.41) is 15.4. The van der Waals surface area contributed by atoms with Crippen LogP contribution in [-0.4, -0.2) is 53.3 Å². The summed E-state index contributed by atoms with van der Waals surface area (Å²) in [5.74, 6) is 0.602. The third-order valence-corrected chi connectivity index (χ3v) is 4.65. The molecule has 150 valence electrons. The van der Waals surface area contributed by atoms with Crippen molar-refractivity contribution in [3.8, 4) is 5.75 Å². The molecule has 0 spiro atoms. The molecule has 1 aliphatic heterocycles. The molecule has 2 amide bonds. The number of nitrogens with zero attached hydrogens (tertiary/aromatic N) is 2. The van der Waals surface area contributed by atoms with Gasteiger partial charge in [0.1, 0.15) is 12.4 Å². The molecule has 0 radical (unpaired) electrons. The van der Waals surface area contributed by atoms with Gasteiger partial charge in [0.25, 0.3) is 0 Å². The molecule has 1 aliphatic rings. The fourth-order valence-corrected chi connectivity index (χ4v) is 3.24. The highest BCUT2D eigenvalue weighted by Crippen LogP contribution is 2.24. The van der Waals surface area contributed by atoms with Crippen molar-refractivity contribution < 1.29 is 14.6 Å². The van der Waals surface area contributed by atoms with E-state index in [9.17, 15) is 9.90 Å². The largest absolute Gasteiger partial charge is 0.485 e. The number of carbonyl (C=O) groups excluding carboxylic acids is 1. The molecular weight excluding hydrogens is 356 g/mol. The van der Waals surface area contributed by atoms with Crippen LogP contribution in [0.4, 0.5) is 10.5 Å². The highest BCUT2D eigenvalue weighted by molar-refractivity contribution is 5.90. The summed E-state index contributed by atoms with van der Waals surface area (Å²) in [6.45, 7) is 3.54. The number of likely N-dealkylation sites (tertiary alicyclic amines) is 1. The van der Waals surface area contributed by atoms with Gasteiger partial charge in [-0.25, -0.2) is 4.79 Å². The van der Waals surface area contributed by atoms with E-state index in [1.807, 2.05) is 42.5 Å². The Balaban J connectivity index is 1.41. The third kappa shape index (κ3) is 6.51. The summed E-state index contributed by atoms with van der Waals surface area (Å²) >= 11 is 0. The Morgan fingerprint density at radius 2 is 2.11 bits per heavy atom. The molecule has 1 saturated heterocycles. The zero-order valence-electron chi connectivity index (χ0n) is 16.0. The number of rotatable bonds is 8. The van der Waals surface area contributed by atoms with Crippen molar-refractivity contribution >= 4 is 11.7 Å². The van der Waals surface area contributed by atoms with E-state index in [2.05, 4.69) is 20.5 Å². The van der Waals surface area contributed by atoms with Gasteiger partial charge in [0.2, 0.25) is 0 Å². The molecule has 1 fully saturated rings. The lowest BCUT2D eigenvalue weighted by atomic mass is 10.1. The molecule has 1 aromatic heterocycles. The Bertz CT molecular complexity index is 741. The van der Waals surface area contributed by atoms with E-state index in [0.717, 1.165) is 44.6 Å². The molecule has 0 saturated carbocycles. The molecule has 7 nitrogen and oxygen atoms in total. The summed E-state index contributed by atoms with van der Waals surface area (Å²) in [7, 11) is 0. The van der Waals surface area contributed by atoms with E-state index in [4.69, 9.17) is 4.74 Å². The van der Waals surface area contributed by atoms with Gasteiger partial charge < -0.3 is 25.4 Å². The van der Waals surface area contributed by atoms with Crippen molar-refractivity contribution in [1.29, 1.82) is 0 Å². The predicted molar refractivity (Wildman–Crippen MR) is 108 cm³/mol. The summed E-state index contributed by atoms with van der Waals surface area (Å²) < 4.78 is 5.80. The second-order valence-electron chi connectivity index (χ2n) is 6.94. The molecule has 3 rings (SSSR count). The fourth-order valence-electron chi connectivity index (χ4n) is 3.24. The molecule has 3 N–H and O–H groups in total. The predicted octanol–water partition coefficient (Wildman–Crippen LogP) is 2.63. The van der Waals surface area contributed by atoms with Crippen LogP contribution in [0.1, 0.15) is 25.0 Å². The van der Waals surface area contributed by atoms with Crippen LogP contribution in [0.2, 0.25) is 0 Å². The Hall–Kier alpha value is -2.64. The number of hydrogen-bond donors (Lipinski definition) is 3. The minimum atomic E-state index is -0.257. The fraction of sp³-hybridized carbons (Fsp3) is 0.429. The van der Waals surface area contributed by atoms with Crippen molar-refractivity contribution in [3.63, 3.8) is 0 Å². The van der Waals surface area contributed by atoms with Crippen LogP contribution in [0.15, 0.2) is 48.7 Å². The van der Waals surface area contributed by atoms with Gasteiger partial charge in [-0.15, -0.1) is 0 Å². The number of para-hydroxylation sites is 2. The molecule has 7 heteroatoms. The average Bonchev–Trinajstić information content (AvgIpc) is 2.71. The number of aromatic nitrogens is 1. The number of ether oxygens (including phenoxy) is 1. The first kappa shape index (κ1) is 20.1. The normalized spacial score (nSPS) is 17.1. The molecule has 2 heterocycles. The number of carbonyl (C=O) groups is 1. The SMILES string of the molecule is O=C(NCCCN1CCC[C@@H](O)C1)Nc1ccccc1OCc1ccccn1. The maximum Gasteiger partial charge on any atom is 0.319 e. The van der Waals surface area contributed by atoms with Gasteiger partial charge in [0.05, 0.1) is 17.5 Å². The average molecular weight is 384 g/mol. The van der Waals surface area contributed by atoms with Gasteiger partial charge in [-0.3, -0.25) is 4.98 Å². The van der Waals surface area contributed by atoms with Crippen molar-refractivity contribution in [2.24, 2.45) is 0 Å². The second-order valence-corrected chi connectivity index (χ2v) is 6.94. The van der Waals surface area contributed by atoms with Gasteiger partial charge in [0, 0.05) is 19.3 Å². The van der Waals surface area contributed by atoms with Crippen LogP contribution >= 0.6 is 0 Å². The van der Waals surface area contributed by atoms with Gasteiger partial charge in [-0.2, -0.15) is 0 Å².